The standard InChI is InChI=1S/C23H27N5O3S/c1-16-17(2)22(11-10-21(16)31-3)32(29,30)27-19-8-6-18(7-9-19)25-23-14-20(15-24-26-23)28-12-4-5-13-28/h6-11,14-15,27H,4-5,12-13H2,1-3H3,(H,25,26). The lowest BCUT2D eigenvalue weighted by atomic mass is 10.1. The molecule has 0 bridgehead atoms. The number of aromatic nitrogens is 2. The van der Waals surface area contributed by atoms with Crippen LogP contribution in [0, 0.1) is 13.8 Å². The van der Waals surface area contributed by atoms with E-state index in [0.717, 1.165) is 30.0 Å². The number of nitrogens with zero attached hydrogens (tertiary/aromatic N) is 3. The minimum Gasteiger partial charge on any atom is -0.496 e. The van der Waals surface area contributed by atoms with Gasteiger partial charge < -0.3 is 15.0 Å². The molecular formula is C23H27N5O3S. The Bertz CT molecular complexity index is 1210. The lowest BCUT2D eigenvalue weighted by Crippen LogP contribution is -2.18. The van der Waals surface area contributed by atoms with E-state index in [2.05, 4.69) is 25.1 Å². The van der Waals surface area contributed by atoms with E-state index in [0.29, 0.717) is 22.8 Å². The molecule has 1 aliphatic rings. The van der Waals surface area contributed by atoms with Crippen LogP contribution in [-0.4, -0.2) is 38.8 Å². The van der Waals surface area contributed by atoms with E-state index in [9.17, 15) is 8.42 Å². The van der Waals surface area contributed by atoms with Crippen LogP contribution in [0.5, 0.6) is 5.75 Å². The molecule has 0 amide bonds. The van der Waals surface area contributed by atoms with Crippen LogP contribution in [0.4, 0.5) is 22.9 Å². The Labute approximate surface area is 188 Å². The summed E-state index contributed by atoms with van der Waals surface area (Å²) in [7, 11) is -2.16. The third-order valence-electron chi connectivity index (χ3n) is 5.72. The van der Waals surface area contributed by atoms with Gasteiger partial charge in [0.1, 0.15) is 5.75 Å². The predicted octanol–water partition coefficient (Wildman–Crippen LogP) is 4.25. The van der Waals surface area contributed by atoms with E-state index < -0.39 is 10.0 Å². The Morgan fingerprint density at radius 1 is 0.969 bits per heavy atom. The van der Waals surface area contributed by atoms with E-state index in [1.54, 1.807) is 56.6 Å². The van der Waals surface area contributed by atoms with Crippen LogP contribution in [-0.2, 0) is 10.0 Å². The van der Waals surface area contributed by atoms with Gasteiger partial charge in [-0.2, -0.15) is 5.10 Å². The first-order valence-corrected chi connectivity index (χ1v) is 12.0. The van der Waals surface area contributed by atoms with Gasteiger partial charge >= 0.3 is 0 Å². The first-order valence-electron chi connectivity index (χ1n) is 10.5. The third kappa shape index (κ3) is 4.62. The minimum absolute atomic E-state index is 0.229. The molecular weight excluding hydrogens is 426 g/mol. The third-order valence-corrected chi connectivity index (χ3v) is 7.24. The fraction of sp³-hybridized carbons (Fsp3) is 0.304. The number of hydrogen-bond acceptors (Lipinski definition) is 7. The molecule has 168 valence electrons. The average Bonchev–Trinajstić information content (AvgIpc) is 3.32. The van der Waals surface area contributed by atoms with Crippen molar-refractivity contribution in [3.63, 3.8) is 0 Å². The molecule has 2 N–H and O–H groups in total. The molecule has 9 heteroatoms. The molecule has 2 aromatic carbocycles. The minimum atomic E-state index is -3.73. The fourth-order valence-corrected chi connectivity index (χ4v) is 5.19. The quantitative estimate of drug-likeness (QED) is 0.552. The van der Waals surface area contributed by atoms with Crippen LogP contribution in [0.1, 0.15) is 24.0 Å². The smallest absolute Gasteiger partial charge is 0.262 e. The normalized spacial score (nSPS) is 13.8. The fourth-order valence-electron chi connectivity index (χ4n) is 3.83. The number of hydrogen-bond donors (Lipinski definition) is 2. The number of methoxy groups -OCH3 is 1. The highest BCUT2D eigenvalue weighted by molar-refractivity contribution is 7.92. The van der Waals surface area contributed by atoms with Crippen molar-refractivity contribution in [1.82, 2.24) is 10.2 Å². The Morgan fingerprint density at radius 3 is 2.34 bits per heavy atom. The molecule has 1 aromatic heterocycles. The summed E-state index contributed by atoms with van der Waals surface area (Å²) in [4.78, 5) is 2.52. The molecule has 1 aliphatic heterocycles. The van der Waals surface area contributed by atoms with Crippen molar-refractivity contribution in [2.75, 3.05) is 35.1 Å². The van der Waals surface area contributed by atoms with E-state index >= 15 is 0 Å². The maximum Gasteiger partial charge on any atom is 0.262 e. The van der Waals surface area contributed by atoms with Gasteiger partial charge in [-0.3, -0.25) is 4.72 Å². The lowest BCUT2D eigenvalue weighted by molar-refractivity contribution is 0.411. The second-order valence-electron chi connectivity index (χ2n) is 7.82. The Kier molecular flexibility index (Phi) is 6.18. The second-order valence-corrected chi connectivity index (χ2v) is 9.47. The highest BCUT2D eigenvalue weighted by atomic mass is 32.2. The van der Waals surface area contributed by atoms with Crippen molar-refractivity contribution < 1.29 is 13.2 Å². The molecule has 8 nitrogen and oxygen atoms in total. The maximum absolute atomic E-state index is 12.9. The highest BCUT2D eigenvalue weighted by Gasteiger charge is 2.20. The van der Waals surface area contributed by atoms with Crippen LogP contribution in [0.3, 0.4) is 0 Å². The Hall–Kier alpha value is -3.33. The van der Waals surface area contributed by atoms with Gasteiger partial charge in [0.15, 0.2) is 5.82 Å². The molecule has 0 radical (unpaired) electrons. The van der Waals surface area contributed by atoms with Gasteiger partial charge in [0.2, 0.25) is 0 Å². The van der Waals surface area contributed by atoms with Gasteiger partial charge in [-0.15, -0.1) is 5.10 Å². The average molecular weight is 454 g/mol. The van der Waals surface area contributed by atoms with Crippen LogP contribution >= 0.6 is 0 Å². The number of sulfonamides is 1. The summed E-state index contributed by atoms with van der Waals surface area (Å²) in [5, 5.41) is 11.5. The Balaban J connectivity index is 1.47. The van der Waals surface area contributed by atoms with Crippen molar-refractivity contribution in [2.45, 2.75) is 31.6 Å². The number of rotatable bonds is 7. The molecule has 32 heavy (non-hydrogen) atoms. The van der Waals surface area contributed by atoms with E-state index in [-0.39, 0.29) is 4.90 Å². The van der Waals surface area contributed by atoms with E-state index in [1.165, 1.54) is 12.8 Å². The molecule has 0 saturated carbocycles. The number of ether oxygens (including phenoxy) is 1. The van der Waals surface area contributed by atoms with Gasteiger partial charge in [-0.1, -0.05) is 0 Å². The monoisotopic (exact) mass is 453 g/mol. The first kappa shape index (κ1) is 21.9. The van der Waals surface area contributed by atoms with Gasteiger partial charge in [-0.05, 0) is 74.2 Å². The number of nitrogens with one attached hydrogen (secondary N) is 2. The van der Waals surface area contributed by atoms with Crippen molar-refractivity contribution in [3.05, 3.63) is 59.8 Å². The van der Waals surface area contributed by atoms with Gasteiger partial charge in [0.05, 0.1) is 23.9 Å². The van der Waals surface area contributed by atoms with Crippen molar-refractivity contribution in [1.29, 1.82) is 0 Å². The van der Waals surface area contributed by atoms with Crippen molar-refractivity contribution >= 4 is 32.9 Å². The predicted molar refractivity (Wildman–Crippen MR) is 126 cm³/mol. The lowest BCUT2D eigenvalue weighted by Gasteiger charge is -2.17. The van der Waals surface area contributed by atoms with Gasteiger partial charge in [0.25, 0.3) is 10.0 Å². The topological polar surface area (TPSA) is 96.5 Å². The molecule has 0 spiro atoms. The van der Waals surface area contributed by atoms with Crippen LogP contribution in [0.15, 0.2) is 53.6 Å². The SMILES string of the molecule is COc1ccc(S(=O)(=O)Nc2ccc(Nc3cc(N4CCCC4)cnn3)cc2)c(C)c1C. The zero-order valence-corrected chi connectivity index (χ0v) is 19.2. The first-order chi connectivity index (χ1) is 15.4. The summed E-state index contributed by atoms with van der Waals surface area (Å²) in [5.74, 6) is 1.31. The largest absolute Gasteiger partial charge is 0.496 e. The van der Waals surface area contributed by atoms with Crippen LogP contribution in [0.2, 0.25) is 0 Å². The molecule has 1 saturated heterocycles. The van der Waals surface area contributed by atoms with Crippen LogP contribution in [0.25, 0.3) is 0 Å². The second kappa shape index (κ2) is 9.04. The summed E-state index contributed by atoms with van der Waals surface area (Å²) in [5.41, 5.74) is 3.77. The van der Waals surface area contributed by atoms with Crippen LogP contribution < -0.4 is 19.7 Å². The molecule has 4 rings (SSSR count). The Morgan fingerprint density at radius 2 is 1.66 bits per heavy atom. The van der Waals surface area contributed by atoms with E-state index in [1.807, 2.05) is 13.0 Å². The highest BCUT2D eigenvalue weighted by Crippen LogP contribution is 2.29. The summed E-state index contributed by atoms with van der Waals surface area (Å²) in [6.45, 7) is 5.69. The summed E-state index contributed by atoms with van der Waals surface area (Å²) < 4.78 is 33.8. The molecule has 0 unspecified atom stereocenters. The van der Waals surface area contributed by atoms with Gasteiger partial charge in [0, 0.05) is 30.5 Å². The molecule has 1 fully saturated rings. The van der Waals surface area contributed by atoms with Gasteiger partial charge in [-0.25, -0.2) is 8.42 Å². The number of benzene rings is 2. The summed E-state index contributed by atoms with van der Waals surface area (Å²) in [6.07, 6.45) is 4.16. The molecule has 2 heterocycles. The van der Waals surface area contributed by atoms with Crippen molar-refractivity contribution in [3.8, 4) is 5.75 Å². The zero-order chi connectivity index (χ0) is 22.7. The summed E-state index contributed by atoms with van der Waals surface area (Å²) >= 11 is 0. The molecule has 3 aromatic rings. The number of anilines is 4. The summed E-state index contributed by atoms with van der Waals surface area (Å²) in [6, 6.07) is 12.2. The zero-order valence-electron chi connectivity index (χ0n) is 18.4. The van der Waals surface area contributed by atoms with E-state index in [4.69, 9.17) is 4.74 Å². The molecule has 0 aliphatic carbocycles. The van der Waals surface area contributed by atoms with Crippen molar-refractivity contribution in [2.24, 2.45) is 0 Å². The maximum atomic E-state index is 12.9. The molecule has 0 atom stereocenters.